The number of fused-ring (bicyclic) bond motifs is 1. The fourth-order valence-corrected chi connectivity index (χ4v) is 5.22. The molecule has 0 spiro atoms. The normalized spacial score (nSPS) is 14.2. The van der Waals surface area contributed by atoms with Crippen LogP contribution in [0.1, 0.15) is 15.4 Å². The number of hydrogen-bond acceptors (Lipinski definition) is 5. The predicted octanol–water partition coefficient (Wildman–Crippen LogP) is 5.00. The SMILES string of the molecule is COc1ccc(-c2cn3c(C)c(C(=O)N4CCN(c5ccc(Cl)cc5)CC4)sc3n2)cc1. The third kappa shape index (κ3) is 3.82. The molecule has 2 aromatic carbocycles. The number of imidazole rings is 1. The number of carbonyl (C=O) groups is 1. The van der Waals surface area contributed by atoms with Gasteiger partial charge in [0.25, 0.3) is 5.91 Å². The molecule has 0 radical (unpaired) electrons. The lowest BCUT2D eigenvalue weighted by Gasteiger charge is -2.36. The number of carbonyl (C=O) groups excluding carboxylic acids is 1. The number of thiazole rings is 1. The van der Waals surface area contributed by atoms with Crippen molar-refractivity contribution in [2.24, 2.45) is 0 Å². The summed E-state index contributed by atoms with van der Waals surface area (Å²) >= 11 is 7.45. The molecule has 32 heavy (non-hydrogen) atoms. The number of hydrogen-bond donors (Lipinski definition) is 0. The minimum absolute atomic E-state index is 0.0831. The third-order valence-corrected chi connectivity index (χ3v) is 7.29. The topological polar surface area (TPSA) is 50.1 Å². The van der Waals surface area contributed by atoms with Crippen molar-refractivity contribution >= 4 is 39.5 Å². The molecule has 0 N–H and O–H groups in total. The molecule has 164 valence electrons. The van der Waals surface area contributed by atoms with Gasteiger partial charge in [0.2, 0.25) is 0 Å². The Morgan fingerprint density at radius 3 is 2.34 bits per heavy atom. The highest BCUT2D eigenvalue weighted by Crippen LogP contribution is 2.29. The van der Waals surface area contributed by atoms with E-state index in [2.05, 4.69) is 4.90 Å². The maximum atomic E-state index is 13.2. The van der Waals surface area contributed by atoms with E-state index in [1.165, 1.54) is 11.3 Å². The lowest BCUT2D eigenvalue weighted by atomic mass is 10.2. The average molecular weight is 467 g/mol. The number of ether oxygens (including phenoxy) is 1. The van der Waals surface area contributed by atoms with Crippen LogP contribution in [0, 0.1) is 6.92 Å². The van der Waals surface area contributed by atoms with Gasteiger partial charge in [-0.2, -0.15) is 0 Å². The fraction of sp³-hybridized carbons (Fsp3) is 0.250. The van der Waals surface area contributed by atoms with Crippen LogP contribution in [-0.4, -0.2) is 53.5 Å². The fourth-order valence-electron chi connectivity index (χ4n) is 4.01. The van der Waals surface area contributed by atoms with Crippen LogP contribution in [0.2, 0.25) is 5.02 Å². The van der Waals surface area contributed by atoms with E-state index < -0.39 is 0 Å². The lowest BCUT2D eigenvalue weighted by Crippen LogP contribution is -2.48. The highest BCUT2D eigenvalue weighted by Gasteiger charge is 2.26. The first-order valence-corrected chi connectivity index (χ1v) is 11.7. The van der Waals surface area contributed by atoms with Gasteiger partial charge in [-0.15, -0.1) is 0 Å². The molecule has 0 unspecified atom stereocenters. The largest absolute Gasteiger partial charge is 0.497 e. The van der Waals surface area contributed by atoms with E-state index in [1.54, 1.807) is 7.11 Å². The quantitative estimate of drug-likeness (QED) is 0.425. The van der Waals surface area contributed by atoms with E-state index in [0.717, 1.165) is 56.3 Å². The highest BCUT2D eigenvalue weighted by molar-refractivity contribution is 7.19. The zero-order valence-electron chi connectivity index (χ0n) is 17.9. The van der Waals surface area contributed by atoms with Gasteiger partial charge in [0.15, 0.2) is 4.96 Å². The first kappa shape index (κ1) is 20.8. The molecule has 1 fully saturated rings. The number of nitrogens with zero attached hydrogens (tertiary/aromatic N) is 4. The Bertz CT molecular complexity index is 1260. The molecular formula is C24H23ClN4O2S. The van der Waals surface area contributed by atoms with Gasteiger partial charge in [-0.1, -0.05) is 22.9 Å². The maximum Gasteiger partial charge on any atom is 0.265 e. The molecule has 1 aliphatic heterocycles. The number of halogens is 1. The van der Waals surface area contributed by atoms with E-state index >= 15 is 0 Å². The van der Waals surface area contributed by atoms with Crippen LogP contribution in [0.4, 0.5) is 5.69 Å². The van der Waals surface area contributed by atoms with Gasteiger partial charge >= 0.3 is 0 Å². The van der Waals surface area contributed by atoms with Crippen LogP contribution in [-0.2, 0) is 0 Å². The number of amides is 1. The van der Waals surface area contributed by atoms with Crippen molar-refractivity contribution in [3.05, 3.63) is 70.3 Å². The predicted molar refractivity (Wildman–Crippen MR) is 129 cm³/mol. The van der Waals surface area contributed by atoms with Crippen molar-refractivity contribution in [2.75, 3.05) is 38.2 Å². The minimum atomic E-state index is 0.0831. The number of piperazine rings is 1. The molecule has 3 heterocycles. The average Bonchev–Trinajstić information content (AvgIpc) is 3.39. The molecule has 0 saturated carbocycles. The second-order valence-electron chi connectivity index (χ2n) is 7.78. The summed E-state index contributed by atoms with van der Waals surface area (Å²) in [4.78, 5) is 23.8. The molecule has 8 heteroatoms. The van der Waals surface area contributed by atoms with Crippen LogP contribution in [0.5, 0.6) is 5.75 Å². The Hall–Kier alpha value is -3.03. The summed E-state index contributed by atoms with van der Waals surface area (Å²) in [6.07, 6.45) is 2.00. The summed E-state index contributed by atoms with van der Waals surface area (Å²) in [6, 6.07) is 15.7. The van der Waals surface area contributed by atoms with Crippen LogP contribution in [0.25, 0.3) is 16.2 Å². The highest BCUT2D eigenvalue weighted by atomic mass is 35.5. The summed E-state index contributed by atoms with van der Waals surface area (Å²) < 4.78 is 7.25. The summed E-state index contributed by atoms with van der Waals surface area (Å²) in [5.74, 6) is 0.898. The van der Waals surface area contributed by atoms with Crippen molar-refractivity contribution in [2.45, 2.75) is 6.92 Å². The van der Waals surface area contributed by atoms with Crippen molar-refractivity contribution < 1.29 is 9.53 Å². The van der Waals surface area contributed by atoms with Crippen molar-refractivity contribution in [3.8, 4) is 17.0 Å². The molecule has 1 aliphatic rings. The van der Waals surface area contributed by atoms with E-state index in [0.29, 0.717) is 13.1 Å². The van der Waals surface area contributed by atoms with Crippen LogP contribution >= 0.6 is 22.9 Å². The van der Waals surface area contributed by atoms with E-state index in [-0.39, 0.29) is 5.91 Å². The van der Waals surface area contributed by atoms with Gasteiger partial charge < -0.3 is 14.5 Å². The molecule has 1 saturated heterocycles. The van der Waals surface area contributed by atoms with E-state index in [9.17, 15) is 4.79 Å². The number of methoxy groups -OCH3 is 1. The van der Waals surface area contributed by atoms with Gasteiger partial charge in [-0.3, -0.25) is 9.20 Å². The van der Waals surface area contributed by atoms with Gasteiger partial charge in [-0.25, -0.2) is 4.98 Å². The maximum absolute atomic E-state index is 13.2. The number of benzene rings is 2. The molecule has 0 atom stereocenters. The van der Waals surface area contributed by atoms with Crippen molar-refractivity contribution in [1.82, 2.24) is 14.3 Å². The van der Waals surface area contributed by atoms with E-state index in [4.69, 9.17) is 21.3 Å². The summed E-state index contributed by atoms with van der Waals surface area (Å²) in [6.45, 7) is 4.98. The Morgan fingerprint density at radius 1 is 1.03 bits per heavy atom. The lowest BCUT2D eigenvalue weighted by molar-refractivity contribution is 0.0750. The smallest absolute Gasteiger partial charge is 0.265 e. The summed E-state index contributed by atoms with van der Waals surface area (Å²) in [5.41, 5.74) is 3.98. The van der Waals surface area contributed by atoms with Gasteiger partial charge in [0, 0.05) is 54.3 Å². The number of aryl methyl sites for hydroxylation is 1. The van der Waals surface area contributed by atoms with Crippen LogP contribution in [0.15, 0.2) is 54.7 Å². The molecular weight excluding hydrogens is 444 g/mol. The molecule has 6 nitrogen and oxygen atoms in total. The Balaban J connectivity index is 1.31. The molecule has 0 bridgehead atoms. The third-order valence-electron chi connectivity index (χ3n) is 5.90. The molecule has 1 amide bonds. The number of aromatic nitrogens is 2. The van der Waals surface area contributed by atoms with E-state index in [1.807, 2.05) is 71.0 Å². The Kier molecular flexibility index (Phi) is 5.53. The van der Waals surface area contributed by atoms with Gasteiger partial charge in [0.05, 0.1) is 12.8 Å². The zero-order chi connectivity index (χ0) is 22.2. The molecule has 2 aromatic heterocycles. The van der Waals surface area contributed by atoms with Gasteiger partial charge in [0.1, 0.15) is 10.6 Å². The van der Waals surface area contributed by atoms with Crippen LogP contribution in [0.3, 0.4) is 0 Å². The minimum Gasteiger partial charge on any atom is -0.497 e. The molecule has 5 rings (SSSR count). The molecule has 4 aromatic rings. The standard InChI is InChI=1S/C24H23ClN4O2S/c1-16-22(23(30)28-13-11-27(12-14-28)19-7-5-18(25)6-8-19)32-24-26-21(15-29(16)24)17-3-9-20(31-2)10-4-17/h3-10,15H,11-14H2,1-2H3. The van der Waals surface area contributed by atoms with Crippen molar-refractivity contribution in [3.63, 3.8) is 0 Å². The second kappa shape index (κ2) is 8.48. The van der Waals surface area contributed by atoms with Crippen LogP contribution < -0.4 is 9.64 Å². The summed E-state index contributed by atoms with van der Waals surface area (Å²) in [7, 11) is 1.65. The Labute approximate surface area is 195 Å². The summed E-state index contributed by atoms with van der Waals surface area (Å²) in [5, 5.41) is 0.732. The monoisotopic (exact) mass is 466 g/mol. The number of anilines is 1. The van der Waals surface area contributed by atoms with Gasteiger partial charge in [-0.05, 0) is 55.5 Å². The first-order valence-electron chi connectivity index (χ1n) is 10.5. The second-order valence-corrected chi connectivity index (χ2v) is 9.19. The zero-order valence-corrected chi connectivity index (χ0v) is 19.5. The molecule has 0 aliphatic carbocycles. The Morgan fingerprint density at radius 2 is 1.72 bits per heavy atom. The van der Waals surface area contributed by atoms with Crippen molar-refractivity contribution in [1.29, 1.82) is 0 Å². The number of rotatable bonds is 4. The first-order chi connectivity index (χ1) is 15.5.